The second-order valence-corrected chi connectivity index (χ2v) is 10.7. The number of alkyl halides is 3. The number of anilines is 6. The molecule has 1 unspecified atom stereocenters. The number of halogens is 4. The van der Waals surface area contributed by atoms with E-state index in [2.05, 4.69) is 30.6 Å². The number of carbonyl (C=O) groups is 2. The van der Waals surface area contributed by atoms with E-state index in [0.29, 0.717) is 10.6 Å². The van der Waals surface area contributed by atoms with Gasteiger partial charge in [0, 0.05) is 12.6 Å². The Kier molecular flexibility index (Phi) is 7.57. The van der Waals surface area contributed by atoms with Gasteiger partial charge in [-0.2, -0.15) is 18.2 Å². The van der Waals surface area contributed by atoms with Gasteiger partial charge in [-0.05, 0) is 31.2 Å². The van der Waals surface area contributed by atoms with Crippen molar-refractivity contribution in [2.75, 3.05) is 33.1 Å². The topological polar surface area (TPSA) is 145 Å². The van der Waals surface area contributed by atoms with E-state index in [1.165, 1.54) is 37.4 Å². The van der Waals surface area contributed by atoms with Gasteiger partial charge in [0.15, 0.2) is 5.82 Å². The average molecular weight is 584 g/mol. The van der Waals surface area contributed by atoms with Crippen molar-refractivity contribution in [3.8, 4) is 0 Å². The number of nitrogens with one attached hydrogen (secondary N) is 4. The smallest absolute Gasteiger partial charge is 0.348 e. The van der Waals surface area contributed by atoms with E-state index in [1.807, 2.05) is 0 Å². The molecule has 0 saturated carbocycles. The summed E-state index contributed by atoms with van der Waals surface area (Å²) in [6.07, 6.45) is -2.93. The van der Waals surface area contributed by atoms with Crippen LogP contribution < -0.4 is 25.6 Å². The van der Waals surface area contributed by atoms with Crippen LogP contribution in [-0.2, 0) is 14.8 Å². The number of para-hydroxylation sites is 2. The molecule has 0 bridgehead atoms. The van der Waals surface area contributed by atoms with Crippen LogP contribution >= 0.6 is 11.6 Å². The fraction of sp³-hybridized carbons (Fsp3) is 0.217. The third kappa shape index (κ3) is 6.49. The highest BCUT2D eigenvalue weighted by Gasteiger charge is 2.45. The van der Waals surface area contributed by atoms with Crippen molar-refractivity contribution in [2.45, 2.75) is 19.1 Å². The summed E-state index contributed by atoms with van der Waals surface area (Å²) in [5, 5.41) is 8.34. The second kappa shape index (κ2) is 10.6. The highest BCUT2D eigenvalue weighted by molar-refractivity contribution is 7.92. The van der Waals surface area contributed by atoms with Gasteiger partial charge in [0.05, 0.1) is 40.8 Å². The van der Waals surface area contributed by atoms with Gasteiger partial charge in [0.1, 0.15) is 5.02 Å². The normalized spacial score (nSPS) is 15.6. The lowest BCUT2D eigenvalue weighted by Crippen LogP contribution is -2.46. The Morgan fingerprint density at radius 3 is 2.44 bits per heavy atom. The van der Waals surface area contributed by atoms with E-state index in [0.717, 1.165) is 6.26 Å². The van der Waals surface area contributed by atoms with Crippen LogP contribution in [0.5, 0.6) is 0 Å². The lowest BCUT2D eigenvalue weighted by Gasteiger charge is -2.25. The van der Waals surface area contributed by atoms with Crippen molar-refractivity contribution >= 4 is 68.0 Å². The van der Waals surface area contributed by atoms with Crippen molar-refractivity contribution < 1.29 is 31.2 Å². The molecule has 4 rings (SSSR count). The minimum atomic E-state index is -5.16. The third-order valence-corrected chi connectivity index (χ3v) is 6.22. The van der Waals surface area contributed by atoms with Crippen molar-refractivity contribution in [3.63, 3.8) is 0 Å². The Morgan fingerprint density at radius 1 is 1.10 bits per heavy atom. The molecule has 2 aromatic carbocycles. The molecule has 0 spiro atoms. The van der Waals surface area contributed by atoms with Crippen LogP contribution in [0.4, 0.5) is 47.7 Å². The number of sulfonamides is 1. The van der Waals surface area contributed by atoms with E-state index in [9.17, 15) is 31.2 Å². The summed E-state index contributed by atoms with van der Waals surface area (Å²) in [5.74, 6) is -2.85. The summed E-state index contributed by atoms with van der Waals surface area (Å²) in [4.78, 5) is 34.0. The largest absolute Gasteiger partial charge is 0.471 e. The molecule has 0 radical (unpaired) electrons. The summed E-state index contributed by atoms with van der Waals surface area (Å²) in [6.45, 7) is 1.08. The first-order valence-corrected chi connectivity index (χ1v) is 13.5. The van der Waals surface area contributed by atoms with Gasteiger partial charge in [-0.1, -0.05) is 29.8 Å². The predicted molar refractivity (Wildman–Crippen MR) is 140 cm³/mol. The zero-order valence-electron chi connectivity index (χ0n) is 20.3. The van der Waals surface area contributed by atoms with E-state index < -0.39 is 40.6 Å². The maximum absolute atomic E-state index is 13.3. The fourth-order valence-corrected chi connectivity index (χ4v) is 4.53. The van der Waals surface area contributed by atoms with Gasteiger partial charge in [0.25, 0.3) is 5.91 Å². The van der Waals surface area contributed by atoms with Crippen molar-refractivity contribution in [3.05, 3.63) is 59.2 Å². The maximum atomic E-state index is 13.3. The van der Waals surface area contributed by atoms with Crippen LogP contribution in [-0.4, -0.2) is 55.2 Å². The Hall–Kier alpha value is -4.11. The zero-order chi connectivity index (χ0) is 28.5. The van der Waals surface area contributed by atoms with Crippen molar-refractivity contribution in [1.82, 2.24) is 15.3 Å². The van der Waals surface area contributed by atoms with Crippen molar-refractivity contribution in [2.24, 2.45) is 0 Å². The molecule has 2 heterocycles. The van der Waals surface area contributed by atoms with Gasteiger partial charge < -0.3 is 20.9 Å². The SMILES string of the molecule is CC1CN(C(=O)C(F)(F)F)c2cccc(Nc3ncc(Cl)c(Nc4ccccc4NS(C)(=O)=O)n3)c2C(=O)N1. The van der Waals surface area contributed by atoms with Crippen LogP contribution in [0.3, 0.4) is 0 Å². The molecule has 4 N–H and O–H groups in total. The Labute approximate surface area is 225 Å². The minimum Gasteiger partial charge on any atom is -0.348 e. The number of aromatic nitrogens is 2. The summed E-state index contributed by atoms with van der Waals surface area (Å²) in [7, 11) is -3.60. The lowest BCUT2D eigenvalue weighted by molar-refractivity contribution is -0.170. The first-order valence-electron chi connectivity index (χ1n) is 11.2. The van der Waals surface area contributed by atoms with Crippen LogP contribution in [0.2, 0.25) is 5.02 Å². The molecule has 2 amide bonds. The molecular formula is C23H21ClF3N7O4S. The number of benzene rings is 2. The van der Waals surface area contributed by atoms with Gasteiger partial charge in [-0.15, -0.1) is 0 Å². The minimum absolute atomic E-state index is 0.0338. The lowest BCUT2D eigenvalue weighted by atomic mass is 10.1. The van der Waals surface area contributed by atoms with Gasteiger partial charge in [-0.25, -0.2) is 13.4 Å². The molecule has 11 nitrogen and oxygen atoms in total. The quantitative estimate of drug-likeness (QED) is 0.340. The van der Waals surface area contributed by atoms with Gasteiger partial charge >= 0.3 is 12.1 Å². The summed E-state index contributed by atoms with van der Waals surface area (Å²) >= 11 is 6.24. The predicted octanol–water partition coefficient (Wildman–Crippen LogP) is 4.02. The highest BCUT2D eigenvalue weighted by atomic mass is 35.5. The monoisotopic (exact) mass is 583 g/mol. The summed E-state index contributed by atoms with van der Waals surface area (Å²) in [5.41, 5.74) is 0.120. The molecule has 16 heteroatoms. The van der Waals surface area contributed by atoms with Crippen LogP contribution in [0.25, 0.3) is 0 Å². The number of hydrogen-bond acceptors (Lipinski definition) is 8. The first kappa shape index (κ1) is 27.9. The van der Waals surface area contributed by atoms with Gasteiger partial charge in [0.2, 0.25) is 16.0 Å². The number of amides is 2. The zero-order valence-corrected chi connectivity index (χ0v) is 21.9. The molecule has 1 aliphatic rings. The molecule has 1 atom stereocenters. The number of rotatable bonds is 6. The summed E-state index contributed by atoms with van der Waals surface area (Å²) in [6, 6.07) is 9.63. The van der Waals surface area contributed by atoms with Crippen LogP contribution in [0.1, 0.15) is 17.3 Å². The van der Waals surface area contributed by atoms with Crippen LogP contribution in [0.15, 0.2) is 48.7 Å². The second-order valence-electron chi connectivity index (χ2n) is 8.55. The third-order valence-electron chi connectivity index (χ3n) is 5.35. The van der Waals surface area contributed by atoms with Crippen LogP contribution in [0, 0.1) is 0 Å². The van der Waals surface area contributed by atoms with E-state index in [1.54, 1.807) is 18.2 Å². The molecule has 1 aliphatic heterocycles. The fourth-order valence-electron chi connectivity index (χ4n) is 3.81. The van der Waals surface area contributed by atoms with Crippen molar-refractivity contribution in [1.29, 1.82) is 0 Å². The molecule has 39 heavy (non-hydrogen) atoms. The standard InChI is InChI=1S/C23H21ClF3N7O4S/c1-12-11-34(21(36)23(25,26)27)17-9-5-8-16(18(17)20(35)29-12)31-22-28-10-13(24)19(32-22)30-14-6-3-4-7-15(14)33-39(2,37)38/h3-10,12,33H,11H2,1-2H3,(H,29,35)(H2,28,30,31,32). The van der Waals surface area contributed by atoms with E-state index in [4.69, 9.17) is 11.6 Å². The number of nitrogens with zero attached hydrogens (tertiary/aromatic N) is 3. The number of carbonyl (C=O) groups excluding carboxylic acids is 2. The molecule has 0 fully saturated rings. The van der Waals surface area contributed by atoms with Gasteiger partial charge in [-0.3, -0.25) is 14.3 Å². The summed E-state index contributed by atoms with van der Waals surface area (Å²) < 4.78 is 65.8. The highest BCUT2D eigenvalue weighted by Crippen LogP contribution is 2.35. The molecule has 206 valence electrons. The molecule has 0 saturated heterocycles. The molecular weight excluding hydrogens is 563 g/mol. The molecule has 0 aliphatic carbocycles. The molecule has 1 aromatic heterocycles. The van der Waals surface area contributed by atoms with E-state index >= 15 is 0 Å². The maximum Gasteiger partial charge on any atom is 0.471 e. The Balaban J connectivity index is 1.70. The Bertz CT molecular complexity index is 1550. The number of fused-ring (bicyclic) bond motifs is 1. The first-order chi connectivity index (χ1) is 18.2. The Morgan fingerprint density at radius 2 is 1.77 bits per heavy atom. The average Bonchev–Trinajstić information content (AvgIpc) is 2.96. The molecule has 3 aromatic rings. The number of hydrogen-bond donors (Lipinski definition) is 4. The van der Waals surface area contributed by atoms with E-state index in [-0.39, 0.29) is 39.4 Å².